The van der Waals surface area contributed by atoms with Gasteiger partial charge in [0.05, 0.1) is 12.2 Å². The highest BCUT2D eigenvalue weighted by molar-refractivity contribution is 5.81. The molecule has 96 valence electrons. The lowest BCUT2D eigenvalue weighted by Crippen LogP contribution is -2.40. The molecule has 0 unspecified atom stereocenters. The number of carbonyl (C=O) groups is 1. The van der Waals surface area contributed by atoms with Gasteiger partial charge in [-0.15, -0.1) is 0 Å². The molecule has 1 amide bonds. The van der Waals surface area contributed by atoms with Crippen molar-refractivity contribution >= 4 is 5.91 Å². The molecule has 4 heteroatoms. The SMILES string of the molecule is C[C@@H]1CO[C@@]2(CCN(C(=O)[C@H]3CCCO3)C2)C1. The van der Waals surface area contributed by atoms with Gasteiger partial charge in [-0.1, -0.05) is 6.92 Å². The molecule has 1 spiro atoms. The second-order valence-corrected chi connectivity index (χ2v) is 5.81. The van der Waals surface area contributed by atoms with E-state index in [2.05, 4.69) is 6.92 Å². The van der Waals surface area contributed by atoms with Gasteiger partial charge in [0.2, 0.25) is 0 Å². The van der Waals surface area contributed by atoms with Crippen LogP contribution in [0.3, 0.4) is 0 Å². The van der Waals surface area contributed by atoms with E-state index in [4.69, 9.17) is 9.47 Å². The molecule has 0 aromatic carbocycles. The monoisotopic (exact) mass is 239 g/mol. The highest BCUT2D eigenvalue weighted by Gasteiger charge is 2.46. The molecule has 0 radical (unpaired) electrons. The molecule has 0 bridgehead atoms. The summed E-state index contributed by atoms with van der Waals surface area (Å²) >= 11 is 0. The number of hydrogen-bond donors (Lipinski definition) is 0. The fourth-order valence-electron chi connectivity index (χ4n) is 3.37. The fraction of sp³-hybridized carbons (Fsp3) is 0.923. The summed E-state index contributed by atoms with van der Waals surface area (Å²) in [6, 6.07) is 0. The number of rotatable bonds is 1. The lowest BCUT2D eigenvalue weighted by Gasteiger charge is -2.24. The Bertz CT molecular complexity index is 314. The van der Waals surface area contributed by atoms with E-state index in [9.17, 15) is 4.79 Å². The molecule has 0 aromatic heterocycles. The zero-order valence-corrected chi connectivity index (χ0v) is 10.5. The standard InChI is InChI=1S/C13H21NO3/c1-10-7-13(17-8-10)4-5-14(9-13)12(15)11-3-2-6-16-11/h10-11H,2-9H2,1H3/t10-,11+,13-/m0/s1. The van der Waals surface area contributed by atoms with E-state index in [0.717, 1.165) is 52.0 Å². The highest BCUT2D eigenvalue weighted by Crippen LogP contribution is 2.38. The Labute approximate surface area is 102 Å². The quantitative estimate of drug-likeness (QED) is 0.690. The van der Waals surface area contributed by atoms with Crippen LogP contribution in [0.2, 0.25) is 0 Å². The van der Waals surface area contributed by atoms with Crippen LogP contribution in [-0.2, 0) is 14.3 Å². The van der Waals surface area contributed by atoms with Gasteiger partial charge in [-0.05, 0) is 31.6 Å². The van der Waals surface area contributed by atoms with Crippen molar-refractivity contribution < 1.29 is 14.3 Å². The normalized spacial score (nSPS) is 41.6. The van der Waals surface area contributed by atoms with Gasteiger partial charge in [0.1, 0.15) is 6.10 Å². The third-order valence-corrected chi connectivity index (χ3v) is 4.23. The van der Waals surface area contributed by atoms with Gasteiger partial charge in [0.15, 0.2) is 0 Å². The fourth-order valence-corrected chi connectivity index (χ4v) is 3.37. The first-order chi connectivity index (χ1) is 8.19. The predicted octanol–water partition coefficient (Wildman–Crippen LogP) is 1.19. The lowest BCUT2D eigenvalue weighted by atomic mass is 9.94. The lowest BCUT2D eigenvalue weighted by molar-refractivity contribution is -0.140. The van der Waals surface area contributed by atoms with Gasteiger partial charge in [0.25, 0.3) is 5.91 Å². The minimum Gasteiger partial charge on any atom is -0.373 e. The number of hydrogen-bond acceptors (Lipinski definition) is 3. The molecule has 0 N–H and O–H groups in total. The topological polar surface area (TPSA) is 38.8 Å². The third-order valence-electron chi connectivity index (χ3n) is 4.23. The summed E-state index contributed by atoms with van der Waals surface area (Å²) < 4.78 is 11.4. The molecule has 0 saturated carbocycles. The summed E-state index contributed by atoms with van der Waals surface area (Å²) in [7, 11) is 0. The largest absolute Gasteiger partial charge is 0.373 e. The van der Waals surface area contributed by atoms with Crippen molar-refractivity contribution in [2.75, 3.05) is 26.3 Å². The maximum Gasteiger partial charge on any atom is 0.251 e. The van der Waals surface area contributed by atoms with Crippen molar-refractivity contribution in [2.45, 2.75) is 44.3 Å². The molecule has 3 rings (SSSR count). The van der Waals surface area contributed by atoms with E-state index in [1.165, 1.54) is 0 Å². The van der Waals surface area contributed by atoms with Crippen molar-refractivity contribution in [3.8, 4) is 0 Å². The smallest absolute Gasteiger partial charge is 0.251 e. The van der Waals surface area contributed by atoms with Crippen LogP contribution in [0.1, 0.15) is 32.6 Å². The van der Waals surface area contributed by atoms with Crippen LogP contribution in [0.4, 0.5) is 0 Å². The summed E-state index contributed by atoms with van der Waals surface area (Å²) in [5.41, 5.74) is -0.0340. The molecule has 3 saturated heterocycles. The molecule has 4 nitrogen and oxygen atoms in total. The molecule has 0 aromatic rings. The summed E-state index contributed by atoms with van der Waals surface area (Å²) in [6.07, 6.45) is 3.82. The zero-order valence-electron chi connectivity index (χ0n) is 10.5. The van der Waals surface area contributed by atoms with Crippen molar-refractivity contribution in [1.29, 1.82) is 0 Å². The maximum atomic E-state index is 12.2. The van der Waals surface area contributed by atoms with Gasteiger partial charge in [0, 0.05) is 19.7 Å². The van der Waals surface area contributed by atoms with Crippen molar-refractivity contribution in [3.05, 3.63) is 0 Å². The molecular formula is C13H21NO3. The summed E-state index contributed by atoms with van der Waals surface area (Å²) in [5.74, 6) is 0.815. The summed E-state index contributed by atoms with van der Waals surface area (Å²) in [4.78, 5) is 14.2. The Morgan fingerprint density at radius 3 is 3.00 bits per heavy atom. The Morgan fingerprint density at radius 2 is 2.35 bits per heavy atom. The first-order valence-electron chi connectivity index (χ1n) is 6.73. The van der Waals surface area contributed by atoms with E-state index in [0.29, 0.717) is 5.92 Å². The predicted molar refractivity (Wildman–Crippen MR) is 62.6 cm³/mol. The van der Waals surface area contributed by atoms with E-state index in [-0.39, 0.29) is 17.6 Å². The number of nitrogens with zero attached hydrogens (tertiary/aromatic N) is 1. The average Bonchev–Trinajstić information content (AvgIpc) is 3.02. The maximum absolute atomic E-state index is 12.2. The van der Waals surface area contributed by atoms with Gasteiger partial charge in [-0.2, -0.15) is 0 Å². The minimum absolute atomic E-state index is 0.0340. The van der Waals surface area contributed by atoms with Crippen LogP contribution in [-0.4, -0.2) is 48.8 Å². The molecule has 17 heavy (non-hydrogen) atoms. The van der Waals surface area contributed by atoms with Crippen LogP contribution in [0.15, 0.2) is 0 Å². The van der Waals surface area contributed by atoms with Gasteiger partial charge < -0.3 is 14.4 Å². The first-order valence-corrected chi connectivity index (χ1v) is 6.73. The Morgan fingerprint density at radius 1 is 1.47 bits per heavy atom. The van der Waals surface area contributed by atoms with Crippen LogP contribution in [0.5, 0.6) is 0 Å². The molecule has 3 aliphatic rings. The van der Waals surface area contributed by atoms with E-state index in [1.807, 2.05) is 4.90 Å². The second-order valence-electron chi connectivity index (χ2n) is 5.81. The van der Waals surface area contributed by atoms with Gasteiger partial charge in [-0.25, -0.2) is 0 Å². The number of ether oxygens (including phenoxy) is 2. The van der Waals surface area contributed by atoms with Crippen LogP contribution in [0.25, 0.3) is 0 Å². The van der Waals surface area contributed by atoms with Crippen molar-refractivity contribution in [2.24, 2.45) is 5.92 Å². The van der Waals surface area contributed by atoms with E-state index >= 15 is 0 Å². The third kappa shape index (κ3) is 2.08. The van der Waals surface area contributed by atoms with E-state index in [1.54, 1.807) is 0 Å². The Kier molecular flexibility index (Phi) is 2.87. The molecule has 3 heterocycles. The molecule has 0 aliphatic carbocycles. The van der Waals surface area contributed by atoms with E-state index < -0.39 is 0 Å². The highest BCUT2D eigenvalue weighted by atomic mass is 16.5. The van der Waals surface area contributed by atoms with Crippen LogP contribution >= 0.6 is 0 Å². The summed E-state index contributed by atoms with van der Waals surface area (Å²) in [5, 5.41) is 0. The number of amides is 1. The van der Waals surface area contributed by atoms with Crippen LogP contribution in [0, 0.1) is 5.92 Å². The number of carbonyl (C=O) groups excluding carboxylic acids is 1. The average molecular weight is 239 g/mol. The van der Waals surface area contributed by atoms with Crippen molar-refractivity contribution in [1.82, 2.24) is 4.90 Å². The molecule has 3 fully saturated rings. The summed E-state index contributed by atoms with van der Waals surface area (Å²) in [6.45, 7) is 5.42. The second kappa shape index (κ2) is 4.25. The number of likely N-dealkylation sites (tertiary alicyclic amines) is 1. The van der Waals surface area contributed by atoms with Gasteiger partial charge >= 0.3 is 0 Å². The Balaban J connectivity index is 1.61. The first kappa shape index (κ1) is 11.5. The van der Waals surface area contributed by atoms with Crippen molar-refractivity contribution in [3.63, 3.8) is 0 Å². The molecular weight excluding hydrogens is 218 g/mol. The van der Waals surface area contributed by atoms with Crippen LogP contribution < -0.4 is 0 Å². The minimum atomic E-state index is -0.177. The van der Waals surface area contributed by atoms with Gasteiger partial charge in [-0.3, -0.25) is 4.79 Å². The zero-order chi connectivity index (χ0) is 11.9. The Hall–Kier alpha value is -0.610. The molecule has 3 aliphatic heterocycles. The molecule has 3 atom stereocenters.